The van der Waals surface area contributed by atoms with Crippen LogP contribution in [0.5, 0.6) is 5.75 Å². The first kappa shape index (κ1) is 11.2. The molecule has 0 aliphatic rings. The molecule has 4 heteroatoms. The van der Waals surface area contributed by atoms with Gasteiger partial charge in [0.2, 0.25) is 0 Å². The Balaban J connectivity index is 2.49. The zero-order valence-corrected chi connectivity index (χ0v) is 10.2. The molecule has 0 aliphatic carbocycles. The lowest BCUT2D eigenvalue weighted by molar-refractivity contribution is 0.481. The molecular formula is C12H14NO2P. The highest BCUT2D eigenvalue weighted by Gasteiger charge is 2.15. The SMILES string of the molecule is CNP(C)(=O)Oc1cccc2ccccc12. The highest BCUT2D eigenvalue weighted by Crippen LogP contribution is 2.40. The minimum Gasteiger partial charge on any atom is -0.432 e. The van der Waals surface area contributed by atoms with Gasteiger partial charge in [0.25, 0.3) is 0 Å². The van der Waals surface area contributed by atoms with Gasteiger partial charge < -0.3 is 4.52 Å². The summed E-state index contributed by atoms with van der Waals surface area (Å²) in [4.78, 5) is 0. The average Bonchev–Trinajstić information content (AvgIpc) is 2.29. The summed E-state index contributed by atoms with van der Waals surface area (Å²) in [5, 5.41) is 4.74. The molecule has 84 valence electrons. The third-order valence-corrected chi connectivity index (χ3v) is 3.79. The van der Waals surface area contributed by atoms with Gasteiger partial charge in [0.1, 0.15) is 5.75 Å². The van der Waals surface area contributed by atoms with Gasteiger partial charge in [-0.3, -0.25) is 4.57 Å². The third-order valence-electron chi connectivity index (χ3n) is 2.43. The Morgan fingerprint density at radius 1 is 1.12 bits per heavy atom. The van der Waals surface area contributed by atoms with Crippen LogP contribution in [0.2, 0.25) is 0 Å². The average molecular weight is 235 g/mol. The summed E-state index contributed by atoms with van der Waals surface area (Å²) in [5.41, 5.74) is 0. The minimum absolute atomic E-state index is 0.651. The van der Waals surface area contributed by atoms with Crippen molar-refractivity contribution in [2.75, 3.05) is 13.7 Å². The fourth-order valence-corrected chi connectivity index (χ4v) is 2.13. The van der Waals surface area contributed by atoms with Crippen molar-refractivity contribution in [3.8, 4) is 5.75 Å². The summed E-state index contributed by atoms with van der Waals surface area (Å²) >= 11 is 0. The monoisotopic (exact) mass is 235 g/mol. The van der Waals surface area contributed by atoms with Gasteiger partial charge in [-0.25, -0.2) is 5.09 Å². The Hall–Kier alpha value is -1.31. The number of nitrogens with one attached hydrogen (secondary N) is 1. The lowest BCUT2D eigenvalue weighted by Crippen LogP contribution is -2.07. The van der Waals surface area contributed by atoms with Gasteiger partial charge in [0.05, 0.1) is 0 Å². The fraction of sp³-hybridized carbons (Fsp3) is 0.167. The Bertz CT molecular complexity index is 548. The van der Waals surface area contributed by atoms with Crippen LogP contribution in [0.15, 0.2) is 42.5 Å². The normalized spacial score (nSPS) is 14.6. The second-order valence-corrected chi connectivity index (χ2v) is 5.96. The molecule has 0 saturated heterocycles. The van der Waals surface area contributed by atoms with Crippen LogP contribution in [0, 0.1) is 0 Å². The van der Waals surface area contributed by atoms with E-state index in [9.17, 15) is 4.57 Å². The molecule has 16 heavy (non-hydrogen) atoms. The number of hydrogen-bond donors (Lipinski definition) is 1. The Labute approximate surface area is 94.9 Å². The van der Waals surface area contributed by atoms with E-state index < -0.39 is 7.52 Å². The van der Waals surface area contributed by atoms with E-state index in [2.05, 4.69) is 5.09 Å². The highest BCUT2D eigenvalue weighted by molar-refractivity contribution is 7.56. The van der Waals surface area contributed by atoms with Crippen molar-refractivity contribution < 1.29 is 9.09 Å². The maximum Gasteiger partial charge on any atom is 0.313 e. The predicted molar refractivity (Wildman–Crippen MR) is 67.2 cm³/mol. The van der Waals surface area contributed by atoms with Crippen LogP contribution in [0.25, 0.3) is 10.8 Å². The molecular weight excluding hydrogens is 221 g/mol. The molecule has 0 aromatic heterocycles. The maximum atomic E-state index is 11.9. The lowest BCUT2D eigenvalue weighted by atomic mass is 10.1. The fourth-order valence-electron chi connectivity index (χ4n) is 1.51. The van der Waals surface area contributed by atoms with Crippen LogP contribution < -0.4 is 9.61 Å². The van der Waals surface area contributed by atoms with E-state index in [4.69, 9.17) is 4.52 Å². The van der Waals surface area contributed by atoms with Crippen molar-refractivity contribution in [2.24, 2.45) is 0 Å². The van der Waals surface area contributed by atoms with E-state index in [0.29, 0.717) is 5.75 Å². The second kappa shape index (κ2) is 4.28. The van der Waals surface area contributed by atoms with Crippen LogP contribution in [0.3, 0.4) is 0 Å². The molecule has 0 bridgehead atoms. The Kier molecular flexibility index (Phi) is 2.99. The molecule has 0 saturated carbocycles. The molecule has 1 unspecified atom stereocenters. The minimum atomic E-state index is -2.75. The predicted octanol–water partition coefficient (Wildman–Crippen LogP) is 3.26. The van der Waals surface area contributed by atoms with Crippen LogP contribution in [-0.2, 0) is 4.57 Å². The number of benzene rings is 2. The van der Waals surface area contributed by atoms with Crippen LogP contribution >= 0.6 is 7.52 Å². The first-order valence-electron chi connectivity index (χ1n) is 5.06. The maximum absolute atomic E-state index is 11.9. The second-order valence-electron chi connectivity index (χ2n) is 3.64. The highest BCUT2D eigenvalue weighted by atomic mass is 31.2. The first-order valence-corrected chi connectivity index (χ1v) is 7.13. The number of rotatable bonds is 3. The first-order chi connectivity index (χ1) is 7.62. The van der Waals surface area contributed by atoms with Gasteiger partial charge in [-0.1, -0.05) is 36.4 Å². The van der Waals surface area contributed by atoms with Crippen molar-refractivity contribution in [3.63, 3.8) is 0 Å². The van der Waals surface area contributed by atoms with Crippen LogP contribution in [-0.4, -0.2) is 13.7 Å². The number of fused-ring (bicyclic) bond motifs is 1. The van der Waals surface area contributed by atoms with Crippen LogP contribution in [0.1, 0.15) is 0 Å². The lowest BCUT2D eigenvalue weighted by Gasteiger charge is -2.15. The van der Waals surface area contributed by atoms with Gasteiger partial charge in [-0.15, -0.1) is 0 Å². The van der Waals surface area contributed by atoms with E-state index >= 15 is 0 Å². The molecule has 2 aromatic carbocycles. The smallest absolute Gasteiger partial charge is 0.313 e. The molecule has 0 spiro atoms. The zero-order valence-electron chi connectivity index (χ0n) is 9.31. The molecule has 0 fully saturated rings. The van der Waals surface area contributed by atoms with E-state index in [1.165, 1.54) is 0 Å². The zero-order chi connectivity index (χ0) is 11.6. The van der Waals surface area contributed by atoms with Crippen molar-refractivity contribution >= 4 is 18.3 Å². The summed E-state index contributed by atoms with van der Waals surface area (Å²) in [6.45, 7) is 1.56. The van der Waals surface area contributed by atoms with Gasteiger partial charge >= 0.3 is 7.52 Å². The molecule has 0 aliphatic heterocycles. The van der Waals surface area contributed by atoms with Gasteiger partial charge in [0.15, 0.2) is 0 Å². The summed E-state index contributed by atoms with van der Waals surface area (Å²) in [6.07, 6.45) is 0. The largest absolute Gasteiger partial charge is 0.432 e. The molecule has 2 aromatic rings. The Morgan fingerprint density at radius 2 is 1.81 bits per heavy atom. The van der Waals surface area contributed by atoms with E-state index in [0.717, 1.165) is 10.8 Å². The molecule has 0 heterocycles. The van der Waals surface area contributed by atoms with Crippen molar-refractivity contribution in [1.82, 2.24) is 5.09 Å². The summed E-state index contributed by atoms with van der Waals surface area (Å²) < 4.78 is 17.4. The Morgan fingerprint density at radius 3 is 2.56 bits per heavy atom. The van der Waals surface area contributed by atoms with Crippen LogP contribution in [0.4, 0.5) is 0 Å². The number of hydrogen-bond acceptors (Lipinski definition) is 2. The quantitative estimate of drug-likeness (QED) is 0.830. The molecule has 0 radical (unpaired) electrons. The van der Waals surface area contributed by atoms with Crippen molar-refractivity contribution in [1.29, 1.82) is 0 Å². The molecule has 1 atom stereocenters. The standard InChI is InChI=1S/C12H14NO2P/c1-13-16(2,14)15-12-9-5-7-10-6-3-4-8-11(10)12/h3-9H,1-2H3,(H,13,14). The summed E-state index contributed by atoms with van der Waals surface area (Å²) in [5.74, 6) is 0.651. The topological polar surface area (TPSA) is 38.3 Å². The van der Waals surface area contributed by atoms with E-state index in [-0.39, 0.29) is 0 Å². The third kappa shape index (κ3) is 2.26. The van der Waals surface area contributed by atoms with E-state index in [1.807, 2.05) is 42.5 Å². The molecule has 3 nitrogen and oxygen atoms in total. The summed E-state index contributed by atoms with van der Waals surface area (Å²) in [6, 6.07) is 13.6. The van der Waals surface area contributed by atoms with Gasteiger partial charge in [0, 0.05) is 12.1 Å². The van der Waals surface area contributed by atoms with Gasteiger partial charge in [-0.2, -0.15) is 0 Å². The van der Waals surface area contributed by atoms with Gasteiger partial charge in [-0.05, 0) is 18.5 Å². The summed E-state index contributed by atoms with van der Waals surface area (Å²) in [7, 11) is -1.12. The molecule has 2 rings (SSSR count). The van der Waals surface area contributed by atoms with Crippen molar-refractivity contribution in [2.45, 2.75) is 0 Å². The molecule has 0 amide bonds. The molecule has 1 N–H and O–H groups in total. The van der Waals surface area contributed by atoms with Crippen molar-refractivity contribution in [3.05, 3.63) is 42.5 Å². The van der Waals surface area contributed by atoms with E-state index in [1.54, 1.807) is 13.7 Å².